The van der Waals surface area contributed by atoms with Crippen LogP contribution in [-0.4, -0.2) is 37.0 Å². The van der Waals surface area contributed by atoms with Crippen molar-refractivity contribution in [1.29, 1.82) is 0 Å². The lowest BCUT2D eigenvalue weighted by molar-refractivity contribution is -0.117. The summed E-state index contributed by atoms with van der Waals surface area (Å²) >= 11 is 0. The third kappa shape index (κ3) is 5.05. The van der Waals surface area contributed by atoms with Crippen molar-refractivity contribution in [3.05, 3.63) is 24.3 Å². The number of nitrogens with zero attached hydrogens (tertiary/aromatic N) is 1. The van der Waals surface area contributed by atoms with E-state index in [9.17, 15) is 4.79 Å². The summed E-state index contributed by atoms with van der Waals surface area (Å²) in [5, 5.41) is 2.95. The van der Waals surface area contributed by atoms with Gasteiger partial charge in [-0.3, -0.25) is 9.69 Å². The highest BCUT2D eigenvalue weighted by molar-refractivity contribution is 5.92. The van der Waals surface area contributed by atoms with Gasteiger partial charge in [-0.25, -0.2) is 0 Å². The molecule has 0 bridgehead atoms. The molecule has 1 N–H and O–H groups in total. The molecule has 1 amide bonds. The highest BCUT2D eigenvalue weighted by Crippen LogP contribution is 2.21. The lowest BCUT2D eigenvalue weighted by atomic mass is 9.92. The van der Waals surface area contributed by atoms with Gasteiger partial charge in [0, 0.05) is 18.8 Å². The predicted octanol–water partition coefficient (Wildman–Crippen LogP) is 3.00. The van der Waals surface area contributed by atoms with Crippen LogP contribution in [0.3, 0.4) is 0 Å². The number of hydrogen-bond donors (Lipinski definition) is 1. The Kier molecular flexibility index (Phi) is 5.62. The second-order valence-electron chi connectivity index (χ2n) is 6.15. The van der Waals surface area contributed by atoms with Crippen LogP contribution in [0.2, 0.25) is 0 Å². The molecule has 0 unspecified atom stereocenters. The number of carbonyl (C=O) groups excluding carboxylic acids is 1. The number of ether oxygens (including phenoxy) is 1. The Bertz CT molecular complexity index is 448. The second-order valence-corrected chi connectivity index (χ2v) is 6.15. The molecule has 0 aromatic heterocycles. The van der Waals surface area contributed by atoms with Crippen LogP contribution in [0.25, 0.3) is 0 Å². The number of amides is 1. The van der Waals surface area contributed by atoms with E-state index in [2.05, 4.69) is 24.1 Å². The lowest BCUT2D eigenvalue weighted by Gasteiger charge is -2.34. The Labute approximate surface area is 127 Å². The number of hydrogen-bond acceptors (Lipinski definition) is 3. The van der Waals surface area contributed by atoms with E-state index in [1.54, 1.807) is 0 Å². The van der Waals surface area contributed by atoms with Crippen molar-refractivity contribution in [3.63, 3.8) is 0 Å². The Morgan fingerprint density at radius 2 is 1.86 bits per heavy atom. The molecule has 0 spiro atoms. The van der Waals surface area contributed by atoms with Crippen LogP contribution in [0.5, 0.6) is 5.75 Å². The number of benzene rings is 1. The number of anilines is 1. The Balaban J connectivity index is 1.83. The second kappa shape index (κ2) is 7.46. The summed E-state index contributed by atoms with van der Waals surface area (Å²) in [6, 6.07) is 7.52. The molecular formula is C17H26N2O2. The minimum absolute atomic E-state index is 0.0560. The molecule has 0 radical (unpaired) electrons. The lowest BCUT2D eigenvalue weighted by Crippen LogP contribution is -2.42. The number of likely N-dealkylation sites (tertiary alicyclic amines) is 1. The molecule has 4 heteroatoms. The van der Waals surface area contributed by atoms with Crippen LogP contribution >= 0.6 is 0 Å². The van der Waals surface area contributed by atoms with Gasteiger partial charge in [0.05, 0.1) is 13.2 Å². The zero-order valence-electron chi connectivity index (χ0n) is 13.3. The maximum absolute atomic E-state index is 12.1. The summed E-state index contributed by atoms with van der Waals surface area (Å²) < 4.78 is 5.39. The van der Waals surface area contributed by atoms with Crippen molar-refractivity contribution in [2.24, 2.45) is 11.8 Å². The van der Waals surface area contributed by atoms with Gasteiger partial charge in [0.1, 0.15) is 5.75 Å². The number of piperidine rings is 1. The normalized spacial score (nSPS) is 22.8. The highest BCUT2D eigenvalue weighted by Gasteiger charge is 2.23. The zero-order valence-corrected chi connectivity index (χ0v) is 13.3. The first-order valence-electron chi connectivity index (χ1n) is 7.82. The molecule has 116 valence electrons. The van der Waals surface area contributed by atoms with Gasteiger partial charge < -0.3 is 10.1 Å². The van der Waals surface area contributed by atoms with Crippen LogP contribution in [0.1, 0.15) is 27.2 Å². The number of rotatable bonds is 5. The van der Waals surface area contributed by atoms with E-state index in [1.807, 2.05) is 31.2 Å². The van der Waals surface area contributed by atoms with E-state index in [-0.39, 0.29) is 5.91 Å². The topological polar surface area (TPSA) is 41.6 Å². The monoisotopic (exact) mass is 290 g/mol. The minimum atomic E-state index is 0.0560. The molecule has 4 nitrogen and oxygen atoms in total. The summed E-state index contributed by atoms with van der Waals surface area (Å²) in [6.07, 6.45) is 1.26. The van der Waals surface area contributed by atoms with Gasteiger partial charge in [-0.1, -0.05) is 13.8 Å². The van der Waals surface area contributed by atoms with Crippen molar-refractivity contribution in [3.8, 4) is 5.75 Å². The average molecular weight is 290 g/mol. The third-order valence-electron chi connectivity index (χ3n) is 3.76. The van der Waals surface area contributed by atoms with Gasteiger partial charge in [0.2, 0.25) is 5.91 Å². The molecule has 21 heavy (non-hydrogen) atoms. The van der Waals surface area contributed by atoms with Crippen molar-refractivity contribution < 1.29 is 9.53 Å². The van der Waals surface area contributed by atoms with E-state index >= 15 is 0 Å². The van der Waals surface area contributed by atoms with Gasteiger partial charge in [-0.15, -0.1) is 0 Å². The van der Waals surface area contributed by atoms with E-state index in [0.717, 1.165) is 24.5 Å². The van der Waals surface area contributed by atoms with Crippen LogP contribution in [0.15, 0.2) is 24.3 Å². The van der Waals surface area contributed by atoms with Crippen LogP contribution in [0, 0.1) is 11.8 Å². The fraction of sp³-hybridized carbons (Fsp3) is 0.588. The van der Waals surface area contributed by atoms with E-state index in [0.29, 0.717) is 25.0 Å². The number of carbonyl (C=O) groups is 1. The quantitative estimate of drug-likeness (QED) is 0.906. The maximum atomic E-state index is 12.1. The molecule has 1 aromatic carbocycles. The Morgan fingerprint density at radius 1 is 1.24 bits per heavy atom. The van der Waals surface area contributed by atoms with E-state index in [1.165, 1.54) is 6.42 Å². The first-order chi connectivity index (χ1) is 10.1. The number of nitrogens with one attached hydrogen (secondary N) is 1. The molecule has 1 saturated heterocycles. The minimum Gasteiger partial charge on any atom is -0.494 e. The first kappa shape index (κ1) is 15.8. The summed E-state index contributed by atoms with van der Waals surface area (Å²) in [4.78, 5) is 14.4. The van der Waals surface area contributed by atoms with Gasteiger partial charge >= 0.3 is 0 Å². The molecule has 2 rings (SSSR count). The fourth-order valence-corrected chi connectivity index (χ4v) is 3.13. The molecular weight excluding hydrogens is 264 g/mol. The molecule has 0 saturated carbocycles. The smallest absolute Gasteiger partial charge is 0.238 e. The molecule has 1 aliphatic heterocycles. The van der Waals surface area contributed by atoms with Crippen LogP contribution < -0.4 is 10.1 Å². The first-order valence-corrected chi connectivity index (χ1v) is 7.82. The predicted molar refractivity (Wildman–Crippen MR) is 85.6 cm³/mol. The van der Waals surface area contributed by atoms with E-state index in [4.69, 9.17) is 4.74 Å². The van der Waals surface area contributed by atoms with E-state index < -0.39 is 0 Å². The molecule has 1 heterocycles. The van der Waals surface area contributed by atoms with Crippen molar-refractivity contribution in [2.75, 3.05) is 31.6 Å². The zero-order chi connectivity index (χ0) is 15.2. The van der Waals surface area contributed by atoms with Gasteiger partial charge in [0.15, 0.2) is 0 Å². The summed E-state index contributed by atoms with van der Waals surface area (Å²) in [5.74, 6) is 2.23. The third-order valence-corrected chi connectivity index (χ3v) is 3.76. The van der Waals surface area contributed by atoms with Crippen molar-refractivity contribution in [1.82, 2.24) is 4.90 Å². The van der Waals surface area contributed by atoms with Crippen LogP contribution in [-0.2, 0) is 4.79 Å². The molecule has 2 atom stereocenters. The Hall–Kier alpha value is -1.55. The maximum Gasteiger partial charge on any atom is 0.238 e. The fourth-order valence-electron chi connectivity index (χ4n) is 3.13. The molecule has 1 fully saturated rings. The Morgan fingerprint density at radius 3 is 2.43 bits per heavy atom. The van der Waals surface area contributed by atoms with Crippen molar-refractivity contribution in [2.45, 2.75) is 27.2 Å². The SMILES string of the molecule is CCOc1ccc(NC(=O)CN2C[C@@H](C)C[C@H](C)C2)cc1. The standard InChI is InChI=1S/C17H26N2O2/c1-4-21-16-7-5-15(6-8-16)18-17(20)12-19-10-13(2)9-14(3)11-19/h5-8,13-14H,4,9-12H2,1-3H3,(H,18,20)/t13-,14-/m0/s1. The summed E-state index contributed by atoms with van der Waals surface area (Å²) in [5.41, 5.74) is 0.821. The van der Waals surface area contributed by atoms with Crippen molar-refractivity contribution >= 4 is 11.6 Å². The summed E-state index contributed by atoms with van der Waals surface area (Å²) in [7, 11) is 0. The largest absolute Gasteiger partial charge is 0.494 e. The highest BCUT2D eigenvalue weighted by atomic mass is 16.5. The van der Waals surface area contributed by atoms with Crippen LogP contribution in [0.4, 0.5) is 5.69 Å². The summed E-state index contributed by atoms with van der Waals surface area (Å²) in [6.45, 7) is 9.62. The van der Waals surface area contributed by atoms with Gasteiger partial charge in [-0.2, -0.15) is 0 Å². The molecule has 1 aromatic rings. The molecule has 1 aliphatic rings. The molecule has 0 aliphatic carbocycles. The van der Waals surface area contributed by atoms with Gasteiger partial charge in [-0.05, 0) is 49.4 Å². The average Bonchev–Trinajstić information content (AvgIpc) is 2.40. The van der Waals surface area contributed by atoms with Gasteiger partial charge in [0.25, 0.3) is 0 Å².